The first-order valence-corrected chi connectivity index (χ1v) is 6.28. The molecule has 0 aromatic rings. The highest BCUT2D eigenvalue weighted by atomic mass is 15.2. The zero-order valence-electron chi connectivity index (χ0n) is 9.21. The largest absolute Gasteiger partial charge is 0.312 e. The Bertz CT molecular complexity index is 212. The first-order valence-electron chi connectivity index (χ1n) is 6.28. The van der Waals surface area contributed by atoms with E-state index in [0.717, 1.165) is 23.9 Å². The Morgan fingerprint density at radius 1 is 1.21 bits per heavy atom. The average molecular weight is 194 g/mol. The van der Waals surface area contributed by atoms with Crippen LogP contribution in [0.4, 0.5) is 0 Å². The minimum atomic E-state index is 0.813. The predicted molar refractivity (Wildman–Crippen MR) is 58.3 cm³/mol. The van der Waals surface area contributed by atoms with Gasteiger partial charge in [0, 0.05) is 18.6 Å². The molecule has 2 heteroatoms. The molecular formula is C12H22N2. The SMILES string of the molecule is CN(CC1NCC2CCCC21)C1CC1. The molecule has 2 saturated carbocycles. The summed E-state index contributed by atoms with van der Waals surface area (Å²) in [6, 6.07) is 1.74. The van der Waals surface area contributed by atoms with Crippen LogP contribution in [-0.2, 0) is 0 Å². The number of nitrogens with one attached hydrogen (secondary N) is 1. The molecule has 1 saturated heterocycles. The fraction of sp³-hybridized carbons (Fsp3) is 1.00. The Hall–Kier alpha value is -0.0800. The minimum absolute atomic E-state index is 0.813. The summed E-state index contributed by atoms with van der Waals surface area (Å²) in [5.74, 6) is 2.03. The number of hydrogen-bond donors (Lipinski definition) is 1. The second kappa shape index (κ2) is 3.49. The maximum absolute atomic E-state index is 3.73. The van der Waals surface area contributed by atoms with E-state index in [9.17, 15) is 0 Å². The summed E-state index contributed by atoms with van der Waals surface area (Å²) in [5, 5.41) is 3.73. The number of nitrogens with zero attached hydrogens (tertiary/aromatic N) is 1. The maximum atomic E-state index is 3.73. The summed E-state index contributed by atoms with van der Waals surface area (Å²) in [4.78, 5) is 2.58. The van der Waals surface area contributed by atoms with Gasteiger partial charge in [-0.2, -0.15) is 0 Å². The molecule has 0 aromatic heterocycles. The molecule has 3 rings (SSSR count). The lowest BCUT2D eigenvalue weighted by molar-refractivity contribution is 0.258. The van der Waals surface area contributed by atoms with E-state index in [-0.39, 0.29) is 0 Å². The number of likely N-dealkylation sites (N-methyl/N-ethyl adjacent to an activating group) is 1. The summed E-state index contributed by atoms with van der Waals surface area (Å²) in [6.45, 7) is 2.60. The topological polar surface area (TPSA) is 15.3 Å². The molecule has 0 bridgehead atoms. The lowest BCUT2D eigenvalue weighted by Crippen LogP contribution is -2.39. The highest BCUT2D eigenvalue weighted by Gasteiger charge is 2.40. The molecule has 0 spiro atoms. The number of hydrogen-bond acceptors (Lipinski definition) is 2. The van der Waals surface area contributed by atoms with Crippen LogP contribution in [0.1, 0.15) is 32.1 Å². The molecule has 80 valence electrons. The van der Waals surface area contributed by atoms with Crippen molar-refractivity contribution < 1.29 is 0 Å². The normalized spacial score (nSPS) is 42.0. The predicted octanol–water partition coefficient (Wildman–Crippen LogP) is 1.47. The molecule has 2 aliphatic carbocycles. The Kier molecular flexibility index (Phi) is 2.29. The van der Waals surface area contributed by atoms with Crippen molar-refractivity contribution in [1.82, 2.24) is 10.2 Å². The molecule has 0 aromatic carbocycles. The fourth-order valence-electron chi connectivity index (χ4n) is 3.48. The number of fused-ring (bicyclic) bond motifs is 1. The Labute approximate surface area is 87.0 Å². The van der Waals surface area contributed by atoms with Gasteiger partial charge in [-0.1, -0.05) is 6.42 Å². The summed E-state index contributed by atoms with van der Waals surface area (Å²) in [6.07, 6.45) is 7.34. The van der Waals surface area contributed by atoms with Crippen LogP contribution < -0.4 is 5.32 Å². The van der Waals surface area contributed by atoms with Gasteiger partial charge in [-0.25, -0.2) is 0 Å². The third-order valence-corrected chi connectivity index (χ3v) is 4.53. The van der Waals surface area contributed by atoms with Crippen LogP contribution in [0.3, 0.4) is 0 Å². The maximum Gasteiger partial charge on any atom is 0.0226 e. The smallest absolute Gasteiger partial charge is 0.0226 e. The first-order chi connectivity index (χ1) is 6.84. The van der Waals surface area contributed by atoms with Crippen molar-refractivity contribution >= 4 is 0 Å². The monoisotopic (exact) mass is 194 g/mol. The molecule has 1 N–H and O–H groups in total. The van der Waals surface area contributed by atoms with Gasteiger partial charge in [0.25, 0.3) is 0 Å². The van der Waals surface area contributed by atoms with E-state index in [1.165, 1.54) is 45.2 Å². The van der Waals surface area contributed by atoms with Crippen molar-refractivity contribution in [3.05, 3.63) is 0 Å². The first kappa shape index (κ1) is 9.17. The van der Waals surface area contributed by atoms with Gasteiger partial charge in [-0.3, -0.25) is 0 Å². The Morgan fingerprint density at radius 3 is 2.86 bits per heavy atom. The zero-order chi connectivity index (χ0) is 9.54. The molecular weight excluding hydrogens is 172 g/mol. The third-order valence-electron chi connectivity index (χ3n) is 4.53. The van der Waals surface area contributed by atoms with Gasteiger partial charge in [-0.15, -0.1) is 0 Å². The van der Waals surface area contributed by atoms with Crippen LogP contribution in [0.15, 0.2) is 0 Å². The molecule has 1 aliphatic heterocycles. The van der Waals surface area contributed by atoms with Crippen LogP contribution in [0.25, 0.3) is 0 Å². The van der Waals surface area contributed by atoms with E-state index >= 15 is 0 Å². The summed E-state index contributed by atoms with van der Waals surface area (Å²) >= 11 is 0. The summed E-state index contributed by atoms with van der Waals surface area (Å²) in [5.41, 5.74) is 0. The standard InChI is InChI=1S/C12H22N2/c1-14(10-5-6-10)8-12-11-4-2-3-9(11)7-13-12/h9-13H,2-8H2,1H3. The van der Waals surface area contributed by atoms with Crippen LogP contribution in [0, 0.1) is 11.8 Å². The van der Waals surface area contributed by atoms with E-state index in [1.54, 1.807) is 0 Å². The molecule has 14 heavy (non-hydrogen) atoms. The second-order valence-corrected chi connectivity index (χ2v) is 5.54. The van der Waals surface area contributed by atoms with Crippen molar-refractivity contribution in [2.24, 2.45) is 11.8 Å². The molecule has 2 nitrogen and oxygen atoms in total. The van der Waals surface area contributed by atoms with Crippen molar-refractivity contribution in [1.29, 1.82) is 0 Å². The van der Waals surface area contributed by atoms with Crippen molar-refractivity contribution in [2.45, 2.75) is 44.2 Å². The van der Waals surface area contributed by atoms with Gasteiger partial charge >= 0.3 is 0 Å². The quantitative estimate of drug-likeness (QED) is 0.732. The van der Waals surface area contributed by atoms with Gasteiger partial charge in [0.15, 0.2) is 0 Å². The fourth-order valence-corrected chi connectivity index (χ4v) is 3.48. The van der Waals surface area contributed by atoms with Crippen LogP contribution in [0.2, 0.25) is 0 Å². The van der Waals surface area contributed by atoms with Crippen molar-refractivity contribution in [2.75, 3.05) is 20.1 Å². The summed E-state index contributed by atoms with van der Waals surface area (Å²) < 4.78 is 0. The van der Waals surface area contributed by atoms with Gasteiger partial charge in [0.05, 0.1) is 0 Å². The average Bonchev–Trinajstić information content (AvgIpc) is 2.81. The van der Waals surface area contributed by atoms with Gasteiger partial charge in [0.2, 0.25) is 0 Å². The van der Waals surface area contributed by atoms with E-state index in [0.29, 0.717) is 0 Å². The van der Waals surface area contributed by atoms with Crippen LogP contribution in [-0.4, -0.2) is 37.1 Å². The molecule has 3 atom stereocenters. The lowest BCUT2D eigenvalue weighted by atomic mass is 9.94. The third kappa shape index (κ3) is 1.59. The molecule has 3 aliphatic rings. The summed E-state index contributed by atoms with van der Waals surface area (Å²) in [7, 11) is 2.31. The van der Waals surface area contributed by atoms with Crippen LogP contribution in [0.5, 0.6) is 0 Å². The molecule has 0 amide bonds. The Balaban J connectivity index is 1.56. The van der Waals surface area contributed by atoms with Gasteiger partial charge in [0.1, 0.15) is 0 Å². The molecule has 1 heterocycles. The minimum Gasteiger partial charge on any atom is -0.312 e. The molecule has 3 fully saturated rings. The van der Waals surface area contributed by atoms with Crippen molar-refractivity contribution in [3.8, 4) is 0 Å². The van der Waals surface area contributed by atoms with Gasteiger partial charge in [-0.05, 0) is 51.1 Å². The number of rotatable bonds is 3. The van der Waals surface area contributed by atoms with E-state index < -0.39 is 0 Å². The van der Waals surface area contributed by atoms with E-state index in [2.05, 4.69) is 17.3 Å². The van der Waals surface area contributed by atoms with Gasteiger partial charge < -0.3 is 10.2 Å². The second-order valence-electron chi connectivity index (χ2n) is 5.54. The van der Waals surface area contributed by atoms with Crippen molar-refractivity contribution in [3.63, 3.8) is 0 Å². The van der Waals surface area contributed by atoms with E-state index in [1.807, 2.05) is 0 Å². The van der Waals surface area contributed by atoms with E-state index in [4.69, 9.17) is 0 Å². The highest BCUT2D eigenvalue weighted by Crippen LogP contribution is 2.38. The Morgan fingerprint density at radius 2 is 2.07 bits per heavy atom. The zero-order valence-corrected chi connectivity index (χ0v) is 9.21. The molecule has 3 unspecified atom stereocenters. The van der Waals surface area contributed by atoms with Crippen LogP contribution >= 0.6 is 0 Å². The lowest BCUT2D eigenvalue weighted by Gasteiger charge is -2.24. The molecule has 0 radical (unpaired) electrons. The highest BCUT2D eigenvalue weighted by molar-refractivity contribution is 4.96.